The molecule has 0 aliphatic rings. The third-order valence-corrected chi connectivity index (χ3v) is 1.71. The molecule has 6 nitrogen and oxygen atoms in total. The first-order chi connectivity index (χ1) is 6.81. The van der Waals surface area contributed by atoms with Crippen LogP contribution in [0.4, 0.5) is 4.79 Å². The van der Waals surface area contributed by atoms with Gasteiger partial charge in [-0.3, -0.25) is 4.79 Å². The van der Waals surface area contributed by atoms with Crippen LogP contribution in [0.2, 0.25) is 0 Å². The fourth-order valence-corrected chi connectivity index (χ4v) is 0.997. The molecule has 14 heavy (non-hydrogen) atoms. The summed E-state index contributed by atoms with van der Waals surface area (Å²) in [4.78, 5) is 24.3. The van der Waals surface area contributed by atoms with E-state index in [1.165, 1.54) is 0 Å². The van der Waals surface area contributed by atoms with E-state index in [1.54, 1.807) is 0 Å². The minimum Gasteiger partial charge on any atom is -0.359 e. The Balaban J connectivity index is 2.98. The molecule has 82 valence electrons. The quantitative estimate of drug-likeness (QED) is 0.291. The number of nitrogens with two attached hydrogens (primary N) is 1. The van der Waals surface area contributed by atoms with Crippen LogP contribution in [-0.2, 0) is 9.63 Å². The number of hydrogen-bond acceptors (Lipinski definition) is 4. The number of carbonyl (C=O) groups excluding carboxylic acids is 2. The van der Waals surface area contributed by atoms with Crippen LogP contribution in [-0.4, -0.2) is 25.6 Å². The summed E-state index contributed by atoms with van der Waals surface area (Å²) in [5, 5.41) is 5.06. The summed E-state index contributed by atoms with van der Waals surface area (Å²) in [6, 6.07) is 0. The Bertz CT molecular complexity index is 164. The molecule has 0 aromatic heterocycles. The van der Waals surface area contributed by atoms with Crippen molar-refractivity contribution in [3.05, 3.63) is 0 Å². The fourth-order valence-electron chi connectivity index (χ4n) is 0.997. The number of rotatable bonds is 8. The predicted molar refractivity (Wildman–Crippen MR) is 51.2 cm³/mol. The molecule has 0 aliphatic heterocycles. The molecular weight excluding hydrogens is 186 g/mol. The molecule has 0 radical (unpaired) electrons. The Morgan fingerprint density at radius 1 is 1.21 bits per heavy atom. The molecule has 0 aromatic carbocycles. The van der Waals surface area contributed by atoms with E-state index in [9.17, 15) is 9.59 Å². The van der Waals surface area contributed by atoms with Crippen molar-refractivity contribution in [2.45, 2.75) is 25.7 Å². The number of amides is 2. The minimum atomic E-state index is -0.604. The van der Waals surface area contributed by atoms with Gasteiger partial charge in [0.05, 0.1) is 0 Å². The second-order valence-corrected chi connectivity index (χ2v) is 2.82. The van der Waals surface area contributed by atoms with Gasteiger partial charge < -0.3 is 15.5 Å². The average molecular weight is 203 g/mol. The van der Waals surface area contributed by atoms with Gasteiger partial charge in [0.1, 0.15) is 0 Å². The van der Waals surface area contributed by atoms with E-state index in [-0.39, 0.29) is 0 Å². The number of hydrogen-bond donors (Lipinski definition) is 3. The molecule has 0 aliphatic carbocycles. The Labute approximate surface area is 83.1 Å². The standard InChI is InChI=1S/C8H17N3O3/c9-14-8(13)11-6-4-2-1-3-5-10-7-12/h7H,1-6,9H2,(H,10,12)(H,11,13). The minimum absolute atomic E-state index is 0.567. The Hall–Kier alpha value is -1.30. The zero-order valence-electron chi connectivity index (χ0n) is 8.12. The van der Waals surface area contributed by atoms with Gasteiger partial charge in [0.2, 0.25) is 6.41 Å². The first kappa shape index (κ1) is 12.7. The van der Waals surface area contributed by atoms with Crippen LogP contribution in [0.25, 0.3) is 0 Å². The Morgan fingerprint density at radius 2 is 1.86 bits per heavy atom. The van der Waals surface area contributed by atoms with Crippen molar-refractivity contribution in [1.82, 2.24) is 10.6 Å². The Kier molecular flexibility index (Phi) is 8.88. The van der Waals surface area contributed by atoms with Gasteiger partial charge in [0, 0.05) is 13.1 Å². The summed E-state index contributed by atoms with van der Waals surface area (Å²) >= 11 is 0. The zero-order chi connectivity index (χ0) is 10.6. The van der Waals surface area contributed by atoms with Crippen LogP contribution in [0.3, 0.4) is 0 Å². The lowest BCUT2D eigenvalue weighted by Crippen LogP contribution is -2.27. The van der Waals surface area contributed by atoms with E-state index < -0.39 is 6.09 Å². The summed E-state index contributed by atoms with van der Waals surface area (Å²) in [7, 11) is 0. The first-order valence-electron chi connectivity index (χ1n) is 4.63. The lowest BCUT2D eigenvalue weighted by molar-refractivity contribution is -0.109. The van der Waals surface area contributed by atoms with Crippen LogP contribution in [0.15, 0.2) is 0 Å². The summed E-state index contributed by atoms with van der Waals surface area (Å²) < 4.78 is 0. The van der Waals surface area contributed by atoms with Gasteiger partial charge in [-0.2, -0.15) is 5.90 Å². The maximum Gasteiger partial charge on any atom is 0.425 e. The smallest absolute Gasteiger partial charge is 0.359 e. The molecule has 0 heterocycles. The molecule has 4 N–H and O–H groups in total. The van der Waals surface area contributed by atoms with Crippen LogP contribution in [0.1, 0.15) is 25.7 Å². The third-order valence-electron chi connectivity index (χ3n) is 1.71. The van der Waals surface area contributed by atoms with Crippen molar-refractivity contribution in [2.24, 2.45) is 5.90 Å². The lowest BCUT2D eigenvalue weighted by atomic mass is 10.2. The largest absolute Gasteiger partial charge is 0.425 e. The van der Waals surface area contributed by atoms with Crippen molar-refractivity contribution in [2.75, 3.05) is 13.1 Å². The van der Waals surface area contributed by atoms with E-state index in [1.807, 2.05) is 0 Å². The van der Waals surface area contributed by atoms with E-state index >= 15 is 0 Å². The van der Waals surface area contributed by atoms with Crippen molar-refractivity contribution in [1.29, 1.82) is 0 Å². The normalized spacial score (nSPS) is 9.21. The summed E-state index contributed by atoms with van der Waals surface area (Å²) in [5.74, 6) is 4.61. The van der Waals surface area contributed by atoms with E-state index in [4.69, 9.17) is 0 Å². The molecule has 2 amide bonds. The maximum atomic E-state index is 10.5. The van der Waals surface area contributed by atoms with Gasteiger partial charge in [-0.15, -0.1) is 0 Å². The molecule has 0 bridgehead atoms. The summed E-state index contributed by atoms with van der Waals surface area (Å²) in [6.45, 7) is 1.28. The van der Waals surface area contributed by atoms with Gasteiger partial charge in [0.15, 0.2) is 0 Å². The van der Waals surface area contributed by atoms with Crippen molar-refractivity contribution in [3.63, 3.8) is 0 Å². The summed E-state index contributed by atoms with van der Waals surface area (Å²) in [5.41, 5.74) is 0. The molecule has 0 saturated heterocycles. The fraction of sp³-hybridized carbons (Fsp3) is 0.750. The predicted octanol–water partition coefficient (Wildman–Crippen LogP) is -0.107. The zero-order valence-corrected chi connectivity index (χ0v) is 8.12. The molecule has 0 fully saturated rings. The van der Waals surface area contributed by atoms with Crippen molar-refractivity contribution in [3.8, 4) is 0 Å². The number of carbonyl (C=O) groups is 2. The van der Waals surface area contributed by atoms with Crippen molar-refractivity contribution < 1.29 is 14.4 Å². The van der Waals surface area contributed by atoms with Crippen LogP contribution in [0, 0.1) is 0 Å². The third kappa shape index (κ3) is 8.79. The van der Waals surface area contributed by atoms with Gasteiger partial charge >= 0.3 is 6.09 Å². The highest BCUT2D eigenvalue weighted by Crippen LogP contribution is 1.97. The maximum absolute atomic E-state index is 10.5. The molecule has 0 rings (SSSR count). The van der Waals surface area contributed by atoms with Gasteiger partial charge in [0.25, 0.3) is 0 Å². The van der Waals surface area contributed by atoms with Gasteiger partial charge in [-0.1, -0.05) is 12.8 Å². The molecule has 0 atom stereocenters. The average Bonchev–Trinajstić information content (AvgIpc) is 2.21. The van der Waals surface area contributed by atoms with E-state index in [0.717, 1.165) is 25.7 Å². The topological polar surface area (TPSA) is 93.4 Å². The van der Waals surface area contributed by atoms with E-state index in [0.29, 0.717) is 19.5 Å². The number of nitrogens with one attached hydrogen (secondary N) is 2. The highest BCUT2D eigenvalue weighted by molar-refractivity contribution is 5.66. The highest BCUT2D eigenvalue weighted by atomic mass is 16.7. The molecule has 0 spiro atoms. The van der Waals surface area contributed by atoms with Crippen molar-refractivity contribution >= 4 is 12.5 Å². The van der Waals surface area contributed by atoms with Crippen LogP contribution in [0.5, 0.6) is 0 Å². The number of unbranched alkanes of at least 4 members (excludes halogenated alkanes) is 3. The van der Waals surface area contributed by atoms with Gasteiger partial charge in [-0.25, -0.2) is 4.79 Å². The summed E-state index contributed by atoms with van der Waals surface area (Å²) in [6.07, 6.45) is 3.97. The van der Waals surface area contributed by atoms with Crippen LogP contribution < -0.4 is 16.5 Å². The molecule has 0 saturated carbocycles. The highest BCUT2D eigenvalue weighted by Gasteiger charge is 1.96. The lowest BCUT2D eigenvalue weighted by Gasteiger charge is -2.02. The second-order valence-electron chi connectivity index (χ2n) is 2.82. The molecule has 0 unspecified atom stereocenters. The first-order valence-corrected chi connectivity index (χ1v) is 4.63. The molecule has 6 heteroatoms. The monoisotopic (exact) mass is 203 g/mol. The SMILES string of the molecule is NOC(=O)NCCCCCCNC=O. The van der Waals surface area contributed by atoms with Gasteiger partial charge in [-0.05, 0) is 12.8 Å². The second kappa shape index (κ2) is 9.79. The molecular formula is C8H17N3O3. The van der Waals surface area contributed by atoms with E-state index in [2.05, 4.69) is 21.4 Å². The Morgan fingerprint density at radius 3 is 2.43 bits per heavy atom. The molecule has 0 aromatic rings. The van der Waals surface area contributed by atoms with Crippen LogP contribution >= 0.6 is 0 Å².